The van der Waals surface area contributed by atoms with Gasteiger partial charge >= 0.3 is 0 Å². The predicted octanol–water partition coefficient (Wildman–Crippen LogP) is 1.39. The van der Waals surface area contributed by atoms with Crippen molar-refractivity contribution in [1.82, 2.24) is 15.2 Å². The van der Waals surface area contributed by atoms with Crippen molar-refractivity contribution in [3.8, 4) is 0 Å². The zero-order valence-corrected chi connectivity index (χ0v) is 9.56. The van der Waals surface area contributed by atoms with Crippen molar-refractivity contribution in [2.75, 3.05) is 13.1 Å². The molecule has 3 heterocycles. The number of piperidine rings is 1. The van der Waals surface area contributed by atoms with Gasteiger partial charge in [0.05, 0.1) is 12.7 Å². The van der Waals surface area contributed by atoms with Crippen molar-refractivity contribution in [3.63, 3.8) is 0 Å². The quantitative estimate of drug-likeness (QED) is 0.837. The Morgan fingerprint density at radius 2 is 2.44 bits per heavy atom. The molecular formula is C12H19N3O. The number of fused-ring (bicyclic) bond motifs is 1. The summed E-state index contributed by atoms with van der Waals surface area (Å²) >= 11 is 0. The molecule has 2 atom stereocenters. The number of hydrogen-bond acceptors (Lipinski definition) is 4. The normalized spacial score (nSPS) is 30.5. The van der Waals surface area contributed by atoms with Gasteiger partial charge in [0, 0.05) is 12.1 Å². The van der Waals surface area contributed by atoms with Crippen LogP contribution in [-0.2, 0) is 6.54 Å². The molecule has 2 fully saturated rings. The molecule has 0 bridgehead atoms. The van der Waals surface area contributed by atoms with Gasteiger partial charge in [0.1, 0.15) is 5.76 Å². The van der Waals surface area contributed by atoms with Gasteiger partial charge in [0.15, 0.2) is 6.39 Å². The van der Waals surface area contributed by atoms with E-state index in [0.29, 0.717) is 6.04 Å². The molecule has 3 rings (SSSR count). The van der Waals surface area contributed by atoms with Crippen LogP contribution in [0.25, 0.3) is 0 Å². The van der Waals surface area contributed by atoms with E-state index >= 15 is 0 Å². The summed E-state index contributed by atoms with van der Waals surface area (Å²) in [7, 11) is 0. The molecule has 16 heavy (non-hydrogen) atoms. The molecule has 0 aromatic carbocycles. The van der Waals surface area contributed by atoms with E-state index in [9.17, 15) is 0 Å². The molecule has 1 aromatic rings. The second kappa shape index (κ2) is 4.55. The molecule has 1 N–H and O–H groups in total. The van der Waals surface area contributed by atoms with Gasteiger partial charge in [-0.1, -0.05) is 0 Å². The third kappa shape index (κ3) is 2.13. The van der Waals surface area contributed by atoms with Crippen LogP contribution in [0.3, 0.4) is 0 Å². The summed E-state index contributed by atoms with van der Waals surface area (Å²) in [5.41, 5.74) is 0. The first kappa shape index (κ1) is 10.3. The lowest BCUT2D eigenvalue weighted by molar-refractivity contribution is 0.165. The maximum Gasteiger partial charge on any atom is 0.180 e. The largest absolute Gasteiger partial charge is 0.447 e. The van der Waals surface area contributed by atoms with Crippen LogP contribution >= 0.6 is 0 Å². The van der Waals surface area contributed by atoms with Gasteiger partial charge in [0.25, 0.3) is 0 Å². The highest BCUT2D eigenvalue weighted by Crippen LogP contribution is 2.26. The first-order valence-corrected chi connectivity index (χ1v) is 6.26. The molecule has 88 valence electrons. The Bertz CT molecular complexity index is 325. The lowest BCUT2D eigenvalue weighted by atomic mass is 9.97. The van der Waals surface area contributed by atoms with Crippen LogP contribution in [0.5, 0.6) is 0 Å². The number of oxazole rings is 1. The van der Waals surface area contributed by atoms with E-state index in [4.69, 9.17) is 4.42 Å². The molecule has 4 heteroatoms. The van der Waals surface area contributed by atoms with E-state index in [2.05, 4.69) is 15.2 Å². The van der Waals surface area contributed by atoms with E-state index in [0.717, 1.165) is 18.3 Å². The lowest BCUT2D eigenvalue weighted by Crippen LogP contribution is -2.45. The summed E-state index contributed by atoms with van der Waals surface area (Å²) in [6, 6.07) is 1.49. The molecule has 1 aromatic heterocycles. The molecule has 4 nitrogen and oxygen atoms in total. The third-order valence-electron chi connectivity index (χ3n) is 3.87. The maximum absolute atomic E-state index is 5.23. The average molecular weight is 221 g/mol. The number of rotatable bonds is 3. The molecule has 2 saturated heterocycles. The molecule has 0 aliphatic carbocycles. The molecule has 0 saturated carbocycles. The van der Waals surface area contributed by atoms with Crippen LogP contribution in [0.15, 0.2) is 17.0 Å². The summed E-state index contributed by atoms with van der Waals surface area (Å²) in [6.07, 6.45) is 8.63. The third-order valence-corrected chi connectivity index (χ3v) is 3.87. The van der Waals surface area contributed by atoms with E-state index in [1.807, 2.05) is 0 Å². The monoisotopic (exact) mass is 221 g/mol. The summed E-state index contributed by atoms with van der Waals surface area (Å²) in [5.74, 6) is 0.939. The molecular weight excluding hydrogens is 202 g/mol. The Kier molecular flexibility index (Phi) is 2.93. The van der Waals surface area contributed by atoms with Crippen molar-refractivity contribution in [3.05, 3.63) is 18.4 Å². The fourth-order valence-electron chi connectivity index (χ4n) is 2.98. The molecule has 0 spiro atoms. The van der Waals surface area contributed by atoms with Gasteiger partial charge in [-0.3, -0.25) is 0 Å². The van der Waals surface area contributed by atoms with Gasteiger partial charge in [-0.15, -0.1) is 0 Å². The minimum absolute atomic E-state index is 0.657. The average Bonchev–Trinajstić information content (AvgIpc) is 2.97. The first-order chi connectivity index (χ1) is 7.92. The fourth-order valence-corrected chi connectivity index (χ4v) is 2.98. The summed E-state index contributed by atoms with van der Waals surface area (Å²) in [6.45, 7) is 3.40. The number of nitrogens with zero attached hydrogens (tertiary/aromatic N) is 2. The zero-order chi connectivity index (χ0) is 10.8. The first-order valence-electron chi connectivity index (χ1n) is 6.26. The Hall–Kier alpha value is -0.870. The fraction of sp³-hybridized carbons (Fsp3) is 0.750. The van der Waals surface area contributed by atoms with Crippen LogP contribution in [0, 0.1) is 0 Å². The van der Waals surface area contributed by atoms with Crippen LogP contribution in [0.4, 0.5) is 0 Å². The predicted molar refractivity (Wildman–Crippen MR) is 61.0 cm³/mol. The van der Waals surface area contributed by atoms with E-state index < -0.39 is 0 Å². The minimum Gasteiger partial charge on any atom is -0.447 e. The lowest BCUT2D eigenvalue weighted by Gasteiger charge is -2.35. The summed E-state index contributed by atoms with van der Waals surface area (Å²) in [5, 5.41) is 3.58. The smallest absolute Gasteiger partial charge is 0.180 e. The number of nitrogens with one attached hydrogen (secondary N) is 1. The molecule has 0 amide bonds. The van der Waals surface area contributed by atoms with Gasteiger partial charge in [-0.2, -0.15) is 0 Å². The van der Waals surface area contributed by atoms with E-state index in [1.54, 1.807) is 6.20 Å². The number of hydrogen-bond donors (Lipinski definition) is 1. The van der Waals surface area contributed by atoms with Crippen LogP contribution in [0.2, 0.25) is 0 Å². The molecule has 2 aliphatic heterocycles. The van der Waals surface area contributed by atoms with Crippen LogP contribution in [0.1, 0.15) is 31.4 Å². The Labute approximate surface area is 96.0 Å². The van der Waals surface area contributed by atoms with Crippen LogP contribution in [-0.4, -0.2) is 35.1 Å². The second-order valence-electron chi connectivity index (χ2n) is 4.90. The highest BCUT2D eigenvalue weighted by molar-refractivity contribution is 4.92. The Balaban J connectivity index is 1.49. The SMILES string of the molecule is c1ncc(CNC2CCN3CCCC3C2)o1. The van der Waals surface area contributed by atoms with E-state index in [1.165, 1.54) is 45.2 Å². The standard InChI is InChI=1S/C12H19N3O/c1-2-11-6-10(3-5-15(11)4-1)14-8-12-7-13-9-16-12/h7,9-11,14H,1-6,8H2. The molecule has 0 radical (unpaired) electrons. The Morgan fingerprint density at radius 1 is 1.44 bits per heavy atom. The minimum atomic E-state index is 0.657. The van der Waals surface area contributed by atoms with Crippen molar-refractivity contribution in [2.24, 2.45) is 0 Å². The maximum atomic E-state index is 5.23. The second-order valence-corrected chi connectivity index (χ2v) is 4.90. The summed E-state index contributed by atoms with van der Waals surface area (Å²) < 4.78 is 5.23. The van der Waals surface area contributed by atoms with Gasteiger partial charge in [0.2, 0.25) is 0 Å². The number of aromatic nitrogens is 1. The zero-order valence-electron chi connectivity index (χ0n) is 9.56. The van der Waals surface area contributed by atoms with Gasteiger partial charge in [-0.25, -0.2) is 4.98 Å². The highest BCUT2D eigenvalue weighted by atomic mass is 16.3. The van der Waals surface area contributed by atoms with Crippen molar-refractivity contribution < 1.29 is 4.42 Å². The Morgan fingerprint density at radius 3 is 3.31 bits per heavy atom. The topological polar surface area (TPSA) is 41.3 Å². The van der Waals surface area contributed by atoms with E-state index in [-0.39, 0.29) is 0 Å². The van der Waals surface area contributed by atoms with Crippen LogP contribution < -0.4 is 5.32 Å². The van der Waals surface area contributed by atoms with Gasteiger partial charge < -0.3 is 14.6 Å². The van der Waals surface area contributed by atoms with Crippen molar-refractivity contribution >= 4 is 0 Å². The summed E-state index contributed by atoms with van der Waals surface area (Å²) in [4.78, 5) is 6.57. The van der Waals surface area contributed by atoms with Crippen molar-refractivity contribution in [1.29, 1.82) is 0 Å². The molecule has 2 aliphatic rings. The molecule has 2 unspecified atom stereocenters. The van der Waals surface area contributed by atoms with Crippen molar-refractivity contribution in [2.45, 2.75) is 44.3 Å². The van der Waals surface area contributed by atoms with Gasteiger partial charge in [-0.05, 0) is 38.8 Å². The highest BCUT2D eigenvalue weighted by Gasteiger charge is 2.31.